The van der Waals surface area contributed by atoms with E-state index in [1.807, 2.05) is 6.92 Å². The highest BCUT2D eigenvalue weighted by Crippen LogP contribution is 2.26. The van der Waals surface area contributed by atoms with Crippen LogP contribution in [0.3, 0.4) is 0 Å². The van der Waals surface area contributed by atoms with Crippen molar-refractivity contribution >= 4 is 23.7 Å². The highest BCUT2D eigenvalue weighted by atomic mass is 16.5. The number of carbonyl (C=O) groups excluding carboxylic acids is 4. The van der Waals surface area contributed by atoms with E-state index < -0.39 is 18.0 Å². The number of hydrogen-bond acceptors (Lipinski definition) is 5. The predicted molar refractivity (Wildman–Crippen MR) is 110 cm³/mol. The molecule has 0 aliphatic carbocycles. The number of imide groups is 1. The summed E-state index contributed by atoms with van der Waals surface area (Å²) >= 11 is 0. The van der Waals surface area contributed by atoms with E-state index in [9.17, 15) is 19.2 Å². The molecule has 1 aliphatic heterocycles. The first-order chi connectivity index (χ1) is 14.3. The Kier molecular flexibility index (Phi) is 6.30. The predicted octanol–water partition coefficient (Wildman–Crippen LogP) is 3.07. The van der Waals surface area contributed by atoms with Crippen LogP contribution in [0.4, 0.5) is 0 Å². The molecule has 2 aromatic rings. The van der Waals surface area contributed by atoms with Crippen molar-refractivity contribution in [3.8, 4) is 0 Å². The molecule has 0 bridgehead atoms. The minimum absolute atomic E-state index is 0.111. The maximum atomic E-state index is 12.8. The number of fused-ring (bicyclic) bond motifs is 1. The molecule has 3 rings (SSSR count). The largest absolute Gasteiger partial charge is 0.444 e. The molecule has 0 saturated heterocycles. The third-order valence-corrected chi connectivity index (χ3v) is 4.93. The van der Waals surface area contributed by atoms with Crippen molar-refractivity contribution in [1.82, 2.24) is 9.80 Å². The van der Waals surface area contributed by atoms with Crippen molar-refractivity contribution < 1.29 is 23.9 Å². The standard InChI is InChI=1S/C23H24N2O5/c1-4-5-13-25-20(26)17-12-11-16(14-18(17)21(25)27)23(29)30-19(22(28)24(2)3)15-9-7-6-8-10-15/h6-12,14,19H,4-5,13H2,1-3H3/t19-/m1/s1. The van der Waals surface area contributed by atoms with E-state index in [-0.39, 0.29) is 28.5 Å². The van der Waals surface area contributed by atoms with Crippen LogP contribution in [0.5, 0.6) is 0 Å². The molecule has 0 radical (unpaired) electrons. The van der Waals surface area contributed by atoms with Crippen molar-refractivity contribution in [1.29, 1.82) is 0 Å². The number of carbonyl (C=O) groups is 4. The van der Waals surface area contributed by atoms with Gasteiger partial charge in [0.2, 0.25) is 6.10 Å². The molecular formula is C23H24N2O5. The normalized spacial score (nSPS) is 13.8. The smallest absolute Gasteiger partial charge is 0.339 e. The Morgan fingerprint density at radius 3 is 2.30 bits per heavy atom. The number of ether oxygens (including phenoxy) is 1. The van der Waals surface area contributed by atoms with Crippen molar-refractivity contribution in [3.05, 3.63) is 70.8 Å². The van der Waals surface area contributed by atoms with Gasteiger partial charge in [0.15, 0.2) is 0 Å². The molecule has 1 heterocycles. The van der Waals surface area contributed by atoms with Crippen LogP contribution < -0.4 is 0 Å². The van der Waals surface area contributed by atoms with Crippen LogP contribution in [-0.4, -0.2) is 54.1 Å². The zero-order valence-corrected chi connectivity index (χ0v) is 17.3. The first-order valence-electron chi connectivity index (χ1n) is 9.82. The van der Waals surface area contributed by atoms with Gasteiger partial charge in [-0.05, 0) is 24.6 Å². The van der Waals surface area contributed by atoms with Gasteiger partial charge in [-0.1, -0.05) is 43.7 Å². The van der Waals surface area contributed by atoms with Gasteiger partial charge in [-0.3, -0.25) is 19.3 Å². The number of benzene rings is 2. The van der Waals surface area contributed by atoms with Crippen molar-refractivity contribution in [2.75, 3.05) is 20.6 Å². The van der Waals surface area contributed by atoms with Gasteiger partial charge in [0.1, 0.15) is 0 Å². The Morgan fingerprint density at radius 2 is 1.67 bits per heavy atom. The second kappa shape index (κ2) is 8.90. The van der Waals surface area contributed by atoms with E-state index in [1.165, 1.54) is 28.0 Å². The van der Waals surface area contributed by atoms with Gasteiger partial charge in [0.05, 0.1) is 16.7 Å². The van der Waals surface area contributed by atoms with Crippen LogP contribution in [0.1, 0.15) is 62.5 Å². The summed E-state index contributed by atoms with van der Waals surface area (Å²) in [5, 5.41) is 0. The zero-order valence-electron chi connectivity index (χ0n) is 17.3. The Bertz CT molecular complexity index is 984. The highest BCUT2D eigenvalue weighted by molar-refractivity contribution is 6.22. The molecule has 0 aromatic heterocycles. The first-order valence-corrected chi connectivity index (χ1v) is 9.82. The number of hydrogen-bond donors (Lipinski definition) is 0. The summed E-state index contributed by atoms with van der Waals surface area (Å²) in [5.74, 6) is -1.89. The lowest BCUT2D eigenvalue weighted by molar-refractivity contribution is -0.138. The van der Waals surface area contributed by atoms with Crippen LogP contribution in [0.25, 0.3) is 0 Å². The second-order valence-corrected chi connectivity index (χ2v) is 7.30. The average molecular weight is 408 g/mol. The van der Waals surface area contributed by atoms with Crippen molar-refractivity contribution in [2.45, 2.75) is 25.9 Å². The average Bonchev–Trinajstić information content (AvgIpc) is 2.99. The maximum Gasteiger partial charge on any atom is 0.339 e. The van der Waals surface area contributed by atoms with Gasteiger partial charge < -0.3 is 9.64 Å². The lowest BCUT2D eigenvalue weighted by atomic mass is 10.1. The van der Waals surface area contributed by atoms with E-state index >= 15 is 0 Å². The lowest BCUT2D eigenvalue weighted by Crippen LogP contribution is -2.31. The van der Waals surface area contributed by atoms with Gasteiger partial charge >= 0.3 is 5.97 Å². The molecular weight excluding hydrogens is 384 g/mol. The molecule has 7 heteroatoms. The van der Waals surface area contributed by atoms with Crippen LogP contribution >= 0.6 is 0 Å². The minimum Gasteiger partial charge on any atom is -0.444 e. The van der Waals surface area contributed by atoms with Gasteiger partial charge in [0.25, 0.3) is 17.7 Å². The molecule has 0 saturated carbocycles. The Balaban J connectivity index is 1.86. The molecule has 0 fully saturated rings. The summed E-state index contributed by atoms with van der Waals surface area (Å²) in [6.45, 7) is 2.32. The lowest BCUT2D eigenvalue weighted by Gasteiger charge is -2.21. The fraction of sp³-hybridized carbons (Fsp3) is 0.304. The number of esters is 1. The minimum atomic E-state index is -1.11. The Hall–Kier alpha value is -3.48. The molecule has 0 spiro atoms. The third-order valence-electron chi connectivity index (χ3n) is 4.93. The number of nitrogens with zero attached hydrogens (tertiary/aromatic N) is 2. The summed E-state index contributed by atoms with van der Waals surface area (Å²) in [4.78, 5) is 53.0. The summed E-state index contributed by atoms with van der Waals surface area (Å²) in [6.07, 6.45) is 0.456. The molecule has 7 nitrogen and oxygen atoms in total. The van der Waals surface area contributed by atoms with Crippen LogP contribution in [-0.2, 0) is 9.53 Å². The molecule has 3 amide bonds. The molecule has 0 unspecified atom stereocenters. The van der Waals surface area contributed by atoms with Gasteiger partial charge in [-0.15, -0.1) is 0 Å². The first kappa shape index (κ1) is 21.2. The number of amides is 3. The SMILES string of the molecule is CCCCN1C(=O)c2ccc(C(=O)O[C@@H](C(=O)N(C)C)c3ccccc3)cc2C1=O. The quantitative estimate of drug-likeness (QED) is 0.519. The van der Waals surface area contributed by atoms with Gasteiger partial charge in [-0.2, -0.15) is 0 Å². The van der Waals surface area contributed by atoms with Crippen molar-refractivity contribution in [2.24, 2.45) is 0 Å². The Morgan fingerprint density at radius 1 is 1.00 bits per heavy atom. The fourth-order valence-corrected chi connectivity index (χ4v) is 3.24. The molecule has 2 aromatic carbocycles. The fourth-order valence-electron chi connectivity index (χ4n) is 3.24. The number of unbranched alkanes of at least 4 members (excludes halogenated alkanes) is 1. The summed E-state index contributed by atoms with van der Waals surface area (Å²) in [5.41, 5.74) is 1.11. The topological polar surface area (TPSA) is 84.0 Å². The van der Waals surface area contributed by atoms with Gasteiger partial charge in [0, 0.05) is 26.2 Å². The Labute approximate surface area is 175 Å². The molecule has 1 aliphatic rings. The van der Waals surface area contributed by atoms with E-state index in [4.69, 9.17) is 4.74 Å². The summed E-state index contributed by atoms with van der Waals surface area (Å²) in [7, 11) is 3.16. The maximum absolute atomic E-state index is 12.8. The van der Waals surface area contributed by atoms with E-state index in [0.29, 0.717) is 18.5 Å². The molecule has 156 valence electrons. The van der Waals surface area contributed by atoms with E-state index in [1.54, 1.807) is 44.4 Å². The van der Waals surface area contributed by atoms with Crippen molar-refractivity contribution in [3.63, 3.8) is 0 Å². The second-order valence-electron chi connectivity index (χ2n) is 7.30. The van der Waals surface area contributed by atoms with E-state index in [2.05, 4.69) is 0 Å². The summed E-state index contributed by atoms with van der Waals surface area (Å²) in [6, 6.07) is 13.0. The van der Waals surface area contributed by atoms with Crippen LogP contribution in [0.15, 0.2) is 48.5 Å². The highest BCUT2D eigenvalue weighted by Gasteiger charge is 2.36. The number of rotatable bonds is 7. The monoisotopic (exact) mass is 408 g/mol. The third kappa shape index (κ3) is 4.10. The molecule has 1 atom stereocenters. The van der Waals surface area contributed by atoms with E-state index in [0.717, 1.165) is 6.42 Å². The molecule has 0 N–H and O–H groups in total. The molecule has 30 heavy (non-hydrogen) atoms. The summed E-state index contributed by atoms with van der Waals surface area (Å²) < 4.78 is 5.52. The number of likely N-dealkylation sites (N-methyl/N-ethyl adjacent to an activating group) is 1. The van der Waals surface area contributed by atoms with Crippen LogP contribution in [0.2, 0.25) is 0 Å². The van der Waals surface area contributed by atoms with Crippen LogP contribution in [0, 0.1) is 0 Å². The van der Waals surface area contributed by atoms with Gasteiger partial charge in [-0.25, -0.2) is 4.79 Å². The zero-order chi connectivity index (χ0) is 21.8.